The molecule has 6 nitrogen and oxygen atoms in total. The van der Waals surface area contributed by atoms with E-state index in [1.807, 2.05) is 30.0 Å². The third kappa shape index (κ3) is 3.46. The molecule has 0 spiro atoms. The highest BCUT2D eigenvalue weighted by Crippen LogP contribution is 2.39. The Labute approximate surface area is 165 Å². The molecule has 2 aromatic carbocycles. The van der Waals surface area contributed by atoms with Gasteiger partial charge in [0.2, 0.25) is 0 Å². The van der Waals surface area contributed by atoms with Crippen LogP contribution in [0.1, 0.15) is 41.7 Å². The van der Waals surface area contributed by atoms with Gasteiger partial charge in [-0.2, -0.15) is 0 Å². The van der Waals surface area contributed by atoms with Gasteiger partial charge in [-0.25, -0.2) is 0 Å². The Morgan fingerprint density at radius 1 is 1.11 bits per heavy atom. The van der Waals surface area contributed by atoms with E-state index in [9.17, 15) is 4.79 Å². The van der Waals surface area contributed by atoms with E-state index in [0.717, 1.165) is 36.4 Å². The van der Waals surface area contributed by atoms with Crippen LogP contribution in [0, 0.1) is 0 Å². The average molecular weight is 383 g/mol. The number of ether oxygens (including phenoxy) is 4. The number of hydrogen-bond acceptors (Lipinski definition) is 5. The Balaban J connectivity index is 1.59. The second kappa shape index (κ2) is 8.00. The minimum Gasteiger partial charge on any atom is -0.493 e. The van der Waals surface area contributed by atoms with Gasteiger partial charge >= 0.3 is 0 Å². The zero-order chi connectivity index (χ0) is 19.5. The summed E-state index contributed by atoms with van der Waals surface area (Å²) in [4.78, 5) is 15.2. The lowest BCUT2D eigenvalue weighted by Crippen LogP contribution is -2.30. The number of fused-ring (bicyclic) bond motifs is 1. The lowest BCUT2D eigenvalue weighted by molar-refractivity contribution is 0.0734. The van der Waals surface area contributed by atoms with Crippen molar-refractivity contribution in [2.24, 2.45) is 0 Å². The van der Waals surface area contributed by atoms with E-state index in [1.165, 1.54) is 0 Å². The summed E-state index contributed by atoms with van der Waals surface area (Å²) in [6.07, 6.45) is 1.90. The summed E-state index contributed by atoms with van der Waals surface area (Å²) in [6, 6.07) is 11.3. The maximum absolute atomic E-state index is 13.2. The van der Waals surface area contributed by atoms with Gasteiger partial charge in [0.15, 0.2) is 23.0 Å². The molecule has 1 fully saturated rings. The van der Waals surface area contributed by atoms with Crippen molar-refractivity contribution in [3.8, 4) is 23.0 Å². The van der Waals surface area contributed by atoms with E-state index in [-0.39, 0.29) is 11.9 Å². The predicted molar refractivity (Wildman–Crippen MR) is 105 cm³/mol. The summed E-state index contributed by atoms with van der Waals surface area (Å²) < 4.78 is 22.3. The molecule has 2 heterocycles. The minimum atomic E-state index is 0.000921. The molecule has 0 bridgehead atoms. The van der Waals surface area contributed by atoms with E-state index in [2.05, 4.69) is 0 Å². The fourth-order valence-electron chi connectivity index (χ4n) is 3.87. The van der Waals surface area contributed by atoms with Crippen LogP contribution in [0.25, 0.3) is 0 Å². The molecule has 4 rings (SSSR count). The van der Waals surface area contributed by atoms with Gasteiger partial charge in [0.05, 0.1) is 19.8 Å². The van der Waals surface area contributed by atoms with Gasteiger partial charge in [-0.15, -0.1) is 0 Å². The number of amides is 1. The highest BCUT2D eigenvalue weighted by molar-refractivity contribution is 5.95. The van der Waals surface area contributed by atoms with Gasteiger partial charge in [0, 0.05) is 12.1 Å². The van der Waals surface area contributed by atoms with Crippen molar-refractivity contribution in [1.29, 1.82) is 0 Å². The second-order valence-corrected chi connectivity index (χ2v) is 6.86. The van der Waals surface area contributed by atoms with Crippen molar-refractivity contribution < 1.29 is 23.7 Å². The van der Waals surface area contributed by atoms with Crippen molar-refractivity contribution in [2.75, 3.05) is 33.5 Å². The highest BCUT2D eigenvalue weighted by atomic mass is 16.6. The zero-order valence-corrected chi connectivity index (χ0v) is 16.3. The maximum atomic E-state index is 13.2. The van der Waals surface area contributed by atoms with Gasteiger partial charge in [0.1, 0.15) is 13.2 Å². The number of benzene rings is 2. The maximum Gasteiger partial charge on any atom is 0.254 e. The van der Waals surface area contributed by atoms with E-state index < -0.39 is 0 Å². The van der Waals surface area contributed by atoms with Crippen molar-refractivity contribution >= 4 is 5.91 Å². The lowest BCUT2D eigenvalue weighted by Gasteiger charge is -2.27. The third-order valence-electron chi connectivity index (χ3n) is 5.18. The minimum absolute atomic E-state index is 0.000921. The van der Waals surface area contributed by atoms with E-state index in [1.54, 1.807) is 25.3 Å². The first-order chi connectivity index (χ1) is 13.7. The van der Waals surface area contributed by atoms with Crippen LogP contribution in [0.2, 0.25) is 0 Å². The summed E-state index contributed by atoms with van der Waals surface area (Å²) in [5.74, 6) is 2.74. The molecule has 0 radical (unpaired) electrons. The van der Waals surface area contributed by atoms with E-state index in [0.29, 0.717) is 36.9 Å². The Morgan fingerprint density at radius 2 is 1.93 bits per heavy atom. The first-order valence-corrected chi connectivity index (χ1v) is 9.72. The van der Waals surface area contributed by atoms with Crippen LogP contribution in [-0.2, 0) is 0 Å². The molecule has 6 heteroatoms. The van der Waals surface area contributed by atoms with Gasteiger partial charge in [-0.05, 0) is 55.7 Å². The van der Waals surface area contributed by atoms with E-state index in [4.69, 9.17) is 18.9 Å². The fourth-order valence-corrected chi connectivity index (χ4v) is 3.87. The van der Waals surface area contributed by atoms with Gasteiger partial charge < -0.3 is 23.8 Å². The predicted octanol–water partition coefficient (Wildman–Crippen LogP) is 3.84. The van der Waals surface area contributed by atoms with Crippen molar-refractivity contribution in [3.05, 3.63) is 47.5 Å². The number of likely N-dealkylation sites (tertiary alicyclic amines) is 1. The molecule has 1 amide bonds. The van der Waals surface area contributed by atoms with Crippen LogP contribution in [0.15, 0.2) is 36.4 Å². The Morgan fingerprint density at radius 3 is 2.71 bits per heavy atom. The van der Waals surface area contributed by atoms with Crippen LogP contribution >= 0.6 is 0 Å². The molecule has 2 aliphatic heterocycles. The Bertz CT molecular complexity index is 866. The molecule has 0 saturated carbocycles. The van der Waals surface area contributed by atoms with Gasteiger partial charge in [-0.3, -0.25) is 4.79 Å². The molecule has 0 aromatic heterocycles. The largest absolute Gasteiger partial charge is 0.493 e. The number of carbonyl (C=O) groups is 1. The number of rotatable bonds is 5. The smallest absolute Gasteiger partial charge is 0.254 e. The lowest BCUT2D eigenvalue weighted by atomic mass is 10.0. The normalized spacial score (nSPS) is 18.1. The number of carbonyl (C=O) groups excluding carboxylic acids is 1. The number of nitrogens with zero attached hydrogens (tertiary/aromatic N) is 1. The summed E-state index contributed by atoms with van der Waals surface area (Å²) >= 11 is 0. The molecule has 148 valence electrons. The standard InChI is InChI=1S/C22H25NO5/c1-3-26-20-14-16(7-8-18(20)25-2)22(24)23-10-4-5-17(23)15-6-9-19-21(13-15)28-12-11-27-19/h6-9,13-14,17H,3-5,10-12H2,1-2H3/t17-/m1/s1. The topological polar surface area (TPSA) is 57.2 Å². The van der Waals surface area contributed by atoms with Crippen molar-refractivity contribution in [2.45, 2.75) is 25.8 Å². The summed E-state index contributed by atoms with van der Waals surface area (Å²) in [7, 11) is 1.59. The molecule has 0 unspecified atom stereocenters. The third-order valence-corrected chi connectivity index (χ3v) is 5.18. The molecular weight excluding hydrogens is 358 g/mol. The van der Waals surface area contributed by atoms with Gasteiger partial charge in [-0.1, -0.05) is 6.07 Å². The molecular formula is C22H25NO5. The zero-order valence-electron chi connectivity index (χ0n) is 16.3. The van der Waals surface area contributed by atoms with Crippen LogP contribution in [-0.4, -0.2) is 44.3 Å². The molecule has 0 aliphatic carbocycles. The van der Waals surface area contributed by atoms with E-state index >= 15 is 0 Å². The van der Waals surface area contributed by atoms with Crippen LogP contribution in [0.4, 0.5) is 0 Å². The number of methoxy groups -OCH3 is 1. The first-order valence-electron chi connectivity index (χ1n) is 9.72. The van der Waals surface area contributed by atoms with Crippen molar-refractivity contribution in [3.63, 3.8) is 0 Å². The molecule has 0 N–H and O–H groups in total. The summed E-state index contributed by atoms with van der Waals surface area (Å²) in [5, 5.41) is 0. The SMILES string of the molecule is CCOc1cc(C(=O)N2CCC[C@@H]2c2ccc3c(c2)OCCO3)ccc1OC. The van der Waals surface area contributed by atoms with Crippen molar-refractivity contribution in [1.82, 2.24) is 4.90 Å². The Kier molecular flexibility index (Phi) is 5.28. The molecule has 2 aromatic rings. The Hall–Kier alpha value is -2.89. The van der Waals surface area contributed by atoms with Crippen LogP contribution < -0.4 is 18.9 Å². The molecule has 2 aliphatic rings. The fraction of sp³-hybridized carbons (Fsp3) is 0.409. The molecule has 28 heavy (non-hydrogen) atoms. The second-order valence-electron chi connectivity index (χ2n) is 6.86. The van der Waals surface area contributed by atoms with Gasteiger partial charge in [0.25, 0.3) is 5.91 Å². The first kappa shape index (κ1) is 18.5. The summed E-state index contributed by atoms with van der Waals surface area (Å²) in [5.41, 5.74) is 1.68. The molecule has 1 saturated heterocycles. The number of hydrogen-bond donors (Lipinski definition) is 0. The average Bonchev–Trinajstić information content (AvgIpc) is 3.23. The monoisotopic (exact) mass is 383 g/mol. The summed E-state index contributed by atoms with van der Waals surface area (Å²) in [6.45, 7) is 4.27. The van der Waals surface area contributed by atoms with Crippen LogP contribution in [0.5, 0.6) is 23.0 Å². The quantitative estimate of drug-likeness (QED) is 0.785. The van der Waals surface area contributed by atoms with Crippen LogP contribution in [0.3, 0.4) is 0 Å². The molecule has 1 atom stereocenters. The highest BCUT2D eigenvalue weighted by Gasteiger charge is 2.32.